The van der Waals surface area contributed by atoms with Crippen molar-refractivity contribution in [3.8, 4) is 0 Å². The lowest BCUT2D eigenvalue weighted by Gasteiger charge is -2.18. The van der Waals surface area contributed by atoms with Crippen LogP contribution in [0.1, 0.15) is 37.3 Å². The number of hydrogen-bond donors (Lipinski definition) is 2. The van der Waals surface area contributed by atoms with E-state index in [1.54, 1.807) is 0 Å². The molecular formula is C16H20N2OS. The van der Waals surface area contributed by atoms with Crippen LogP contribution in [0.2, 0.25) is 0 Å². The summed E-state index contributed by atoms with van der Waals surface area (Å²) in [7, 11) is 0. The molecule has 4 heteroatoms. The van der Waals surface area contributed by atoms with Crippen LogP contribution >= 0.6 is 12.2 Å². The van der Waals surface area contributed by atoms with E-state index in [0.717, 1.165) is 5.56 Å². The second kappa shape index (κ2) is 5.52. The van der Waals surface area contributed by atoms with E-state index in [1.165, 1.54) is 25.7 Å². The Morgan fingerprint density at radius 3 is 2.35 bits per heavy atom. The van der Waals surface area contributed by atoms with Gasteiger partial charge in [-0.2, -0.15) is 0 Å². The van der Waals surface area contributed by atoms with Gasteiger partial charge in [0, 0.05) is 5.92 Å². The Kier molecular flexibility index (Phi) is 3.74. The maximum Gasteiger partial charge on any atom is 0.224 e. The van der Waals surface area contributed by atoms with Crippen molar-refractivity contribution in [3.05, 3.63) is 35.9 Å². The average molecular weight is 288 g/mol. The molecule has 2 aliphatic rings. The first-order chi connectivity index (χ1) is 9.68. The highest BCUT2D eigenvalue weighted by Crippen LogP contribution is 2.55. The Morgan fingerprint density at radius 1 is 1.20 bits per heavy atom. The van der Waals surface area contributed by atoms with E-state index in [-0.39, 0.29) is 17.9 Å². The first-order valence-electron chi connectivity index (χ1n) is 7.33. The zero-order chi connectivity index (χ0) is 14.1. The molecule has 0 radical (unpaired) electrons. The third kappa shape index (κ3) is 2.57. The maximum absolute atomic E-state index is 12.4. The summed E-state index contributed by atoms with van der Waals surface area (Å²) in [5, 5.41) is 3.05. The fourth-order valence-corrected chi connectivity index (χ4v) is 3.78. The summed E-state index contributed by atoms with van der Waals surface area (Å²) < 4.78 is 0. The molecule has 0 aliphatic heterocycles. The van der Waals surface area contributed by atoms with E-state index in [9.17, 15) is 4.79 Å². The molecule has 1 aromatic carbocycles. The van der Waals surface area contributed by atoms with Gasteiger partial charge in [-0.3, -0.25) is 4.79 Å². The summed E-state index contributed by atoms with van der Waals surface area (Å²) in [6.45, 7) is 0. The zero-order valence-corrected chi connectivity index (χ0v) is 12.2. The summed E-state index contributed by atoms with van der Waals surface area (Å²) in [5.41, 5.74) is 6.76. The second-order valence-corrected chi connectivity index (χ2v) is 6.36. The molecule has 0 heterocycles. The monoisotopic (exact) mass is 288 g/mol. The number of benzene rings is 1. The van der Waals surface area contributed by atoms with Crippen molar-refractivity contribution in [1.82, 2.24) is 5.32 Å². The van der Waals surface area contributed by atoms with E-state index in [2.05, 4.69) is 5.32 Å². The number of amides is 1. The zero-order valence-electron chi connectivity index (χ0n) is 11.4. The van der Waals surface area contributed by atoms with Gasteiger partial charge in [0.2, 0.25) is 5.91 Å². The molecule has 2 aliphatic carbocycles. The van der Waals surface area contributed by atoms with Gasteiger partial charge in [0.1, 0.15) is 11.0 Å². The lowest BCUT2D eigenvalue weighted by molar-refractivity contribution is -0.123. The van der Waals surface area contributed by atoms with Crippen molar-refractivity contribution in [2.45, 2.75) is 31.7 Å². The summed E-state index contributed by atoms with van der Waals surface area (Å²) in [5.74, 6) is 1.53. The molecule has 3 atom stereocenters. The van der Waals surface area contributed by atoms with Crippen molar-refractivity contribution in [2.75, 3.05) is 0 Å². The quantitative estimate of drug-likeness (QED) is 0.837. The number of rotatable bonds is 4. The molecule has 0 bridgehead atoms. The Morgan fingerprint density at radius 2 is 1.80 bits per heavy atom. The predicted molar refractivity (Wildman–Crippen MR) is 83.0 cm³/mol. The minimum absolute atomic E-state index is 0.128. The molecule has 3 nitrogen and oxygen atoms in total. The van der Waals surface area contributed by atoms with Crippen LogP contribution in [-0.2, 0) is 4.79 Å². The van der Waals surface area contributed by atoms with Gasteiger partial charge >= 0.3 is 0 Å². The minimum atomic E-state index is -0.346. The van der Waals surface area contributed by atoms with Gasteiger partial charge in [0.15, 0.2) is 0 Å². The van der Waals surface area contributed by atoms with Crippen LogP contribution in [0.3, 0.4) is 0 Å². The standard InChI is InChI=1S/C16H20N2OS/c17-15(20)14(10-6-2-1-3-7-10)18-16(19)13-11-8-4-5-9-12(11)13/h1-3,6-7,11-14H,4-5,8-9H2,(H2,17,20)(H,18,19). The van der Waals surface area contributed by atoms with Gasteiger partial charge in [-0.05, 0) is 30.2 Å². The van der Waals surface area contributed by atoms with Gasteiger partial charge in [-0.1, -0.05) is 55.4 Å². The van der Waals surface area contributed by atoms with Crippen LogP contribution in [0, 0.1) is 17.8 Å². The van der Waals surface area contributed by atoms with Gasteiger partial charge < -0.3 is 11.1 Å². The van der Waals surface area contributed by atoms with Crippen LogP contribution < -0.4 is 11.1 Å². The lowest BCUT2D eigenvalue weighted by atomic mass is 10.0. The first kappa shape index (κ1) is 13.6. The van der Waals surface area contributed by atoms with E-state index >= 15 is 0 Å². The summed E-state index contributed by atoms with van der Waals surface area (Å²) in [6.07, 6.45) is 4.93. The second-order valence-electron chi connectivity index (χ2n) is 5.89. The van der Waals surface area contributed by atoms with Crippen molar-refractivity contribution in [1.29, 1.82) is 0 Å². The third-order valence-electron chi connectivity index (χ3n) is 4.66. The molecule has 2 fully saturated rings. The van der Waals surface area contributed by atoms with Crippen LogP contribution in [0.15, 0.2) is 30.3 Å². The molecule has 20 heavy (non-hydrogen) atoms. The Hall–Kier alpha value is -1.42. The highest BCUT2D eigenvalue weighted by Gasteiger charge is 2.54. The summed E-state index contributed by atoms with van der Waals surface area (Å²) in [4.78, 5) is 12.8. The largest absolute Gasteiger partial charge is 0.391 e. The lowest BCUT2D eigenvalue weighted by Crippen LogP contribution is -2.37. The van der Waals surface area contributed by atoms with Crippen molar-refractivity contribution in [2.24, 2.45) is 23.5 Å². The van der Waals surface area contributed by atoms with Gasteiger partial charge in [-0.15, -0.1) is 0 Å². The van der Waals surface area contributed by atoms with E-state index < -0.39 is 0 Å². The van der Waals surface area contributed by atoms with Crippen LogP contribution in [0.25, 0.3) is 0 Å². The van der Waals surface area contributed by atoms with Crippen LogP contribution in [0.5, 0.6) is 0 Å². The number of thiocarbonyl (C=S) groups is 1. The van der Waals surface area contributed by atoms with E-state index in [0.29, 0.717) is 16.8 Å². The fraction of sp³-hybridized carbons (Fsp3) is 0.500. The Labute approximate surface area is 124 Å². The summed E-state index contributed by atoms with van der Waals surface area (Å²) >= 11 is 5.12. The predicted octanol–water partition coefficient (Wildman–Crippen LogP) is 2.57. The Bertz CT molecular complexity index is 504. The Balaban J connectivity index is 1.68. The van der Waals surface area contributed by atoms with Crippen molar-refractivity contribution in [3.63, 3.8) is 0 Å². The minimum Gasteiger partial charge on any atom is -0.391 e. The van der Waals surface area contributed by atoms with Crippen LogP contribution in [0.4, 0.5) is 0 Å². The number of carbonyl (C=O) groups excluding carboxylic acids is 1. The first-order valence-corrected chi connectivity index (χ1v) is 7.74. The molecule has 1 aromatic rings. The number of hydrogen-bond acceptors (Lipinski definition) is 2. The SMILES string of the molecule is NC(=S)C(NC(=O)C1C2CCCCC21)c1ccccc1. The normalized spacial score (nSPS) is 29.1. The topological polar surface area (TPSA) is 55.1 Å². The fourth-order valence-electron chi connectivity index (χ4n) is 3.58. The maximum atomic E-state index is 12.4. The van der Waals surface area contributed by atoms with Gasteiger partial charge in [-0.25, -0.2) is 0 Å². The molecular weight excluding hydrogens is 268 g/mol. The number of nitrogens with two attached hydrogens (primary N) is 1. The number of nitrogens with one attached hydrogen (secondary N) is 1. The average Bonchev–Trinajstić information content (AvgIpc) is 3.19. The highest BCUT2D eigenvalue weighted by atomic mass is 32.1. The third-order valence-corrected chi connectivity index (χ3v) is 4.90. The smallest absolute Gasteiger partial charge is 0.224 e. The van der Waals surface area contributed by atoms with E-state index in [4.69, 9.17) is 18.0 Å². The van der Waals surface area contributed by atoms with Gasteiger partial charge in [0.05, 0.1) is 0 Å². The molecule has 1 amide bonds. The molecule has 0 aromatic heterocycles. The summed E-state index contributed by atoms with van der Waals surface area (Å²) in [6, 6.07) is 9.36. The number of fused-ring (bicyclic) bond motifs is 1. The molecule has 0 saturated heterocycles. The molecule has 0 spiro atoms. The molecule has 2 saturated carbocycles. The molecule has 3 unspecified atom stereocenters. The molecule has 3 N–H and O–H groups in total. The number of carbonyl (C=O) groups is 1. The van der Waals surface area contributed by atoms with Crippen LogP contribution in [-0.4, -0.2) is 10.9 Å². The molecule has 3 rings (SSSR count). The van der Waals surface area contributed by atoms with Crippen molar-refractivity contribution < 1.29 is 4.79 Å². The van der Waals surface area contributed by atoms with E-state index in [1.807, 2.05) is 30.3 Å². The van der Waals surface area contributed by atoms with Gasteiger partial charge in [0.25, 0.3) is 0 Å². The highest BCUT2D eigenvalue weighted by molar-refractivity contribution is 7.80. The molecule has 106 valence electrons. The van der Waals surface area contributed by atoms with Crippen molar-refractivity contribution >= 4 is 23.1 Å².